The van der Waals surface area contributed by atoms with Crippen molar-refractivity contribution < 1.29 is 19.1 Å². The third-order valence-electron chi connectivity index (χ3n) is 1.72. The minimum Gasteiger partial charge on any atom is -0.469 e. The number of rotatable bonds is 8. The van der Waals surface area contributed by atoms with Crippen LogP contribution in [0.1, 0.15) is 26.2 Å². The molecule has 1 amide bonds. The van der Waals surface area contributed by atoms with Crippen molar-refractivity contribution in [3.63, 3.8) is 0 Å². The van der Waals surface area contributed by atoms with Gasteiger partial charge in [-0.3, -0.25) is 9.59 Å². The molecule has 0 aliphatic carbocycles. The van der Waals surface area contributed by atoms with Crippen LogP contribution in [0.2, 0.25) is 0 Å². The van der Waals surface area contributed by atoms with Crippen LogP contribution in [0.25, 0.3) is 0 Å². The number of carbonyl (C=O) groups is 2. The van der Waals surface area contributed by atoms with Gasteiger partial charge in [-0.05, 0) is 6.42 Å². The fourth-order valence-corrected chi connectivity index (χ4v) is 0.938. The van der Waals surface area contributed by atoms with Gasteiger partial charge in [0.25, 0.3) is 0 Å². The van der Waals surface area contributed by atoms with E-state index in [-0.39, 0.29) is 18.3 Å². The second-order valence-corrected chi connectivity index (χ2v) is 3.04. The molecule has 0 spiro atoms. The Morgan fingerprint density at radius 2 is 1.93 bits per heavy atom. The molecule has 0 saturated heterocycles. The summed E-state index contributed by atoms with van der Waals surface area (Å²) in [6.07, 6.45) is 1.64. The Morgan fingerprint density at radius 3 is 2.53 bits per heavy atom. The van der Waals surface area contributed by atoms with Crippen LogP contribution < -0.4 is 5.32 Å². The van der Waals surface area contributed by atoms with Gasteiger partial charge in [0.15, 0.2) is 0 Å². The fraction of sp³-hybridized carbons (Fsp3) is 0.800. The van der Waals surface area contributed by atoms with E-state index in [4.69, 9.17) is 4.74 Å². The Kier molecular flexibility index (Phi) is 8.76. The fourth-order valence-electron chi connectivity index (χ4n) is 0.938. The highest BCUT2D eigenvalue weighted by molar-refractivity contribution is 5.75. The van der Waals surface area contributed by atoms with E-state index >= 15 is 0 Å². The first kappa shape index (κ1) is 13.9. The highest BCUT2D eigenvalue weighted by Gasteiger charge is 2.00. The summed E-state index contributed by atoms with van der Waals surface area (Å²) >= 11 is 0. The lowest BCUT2D eigenvalue weighted by Crippen LogP contribution is -2.27. The summed E-state index contributed by atoms with van der Waals surface area (Å²) in [6.45, 7) is 3.19. The van der Waals surface area contributed by atoms with Crippen LogP contribution in [0.5, 0.6) is 0 Å². The van der Waals surface area contributed by atoms with Crippen LogP contribution in [0.15, 0.2) is 0 Å². The average molecular weight is 217 g/mol. The largest absolute Gasteiger partial charge is 0.469 e. The molecule has 1 N–H and O–H groups in total. The molecular weight excluding hydrogens is 198 g/mol. The molecule has 5 heteroatoms. The van der Waals surface area contributed by atoms with Gasteiger partial charge in [0, 0.05) is 13.0 Å². The lowest BCUT2D eigenvalue weighted by Gasteiger charge is -2.05. The molecule has 15 heavy (non-hydrogen) atoms. The minimum atomic E-state index is -0.287. The standard InChI is InChI=1S/C10H19NO4/c1-3-4-9(12)11-6-8-15-7-5-10(13)14-2/h3-8H2,1-2H3,(H,11,12). The molecular formula is C10H19NO4. The molecule has 0 rings (SSSR count). The normalized spacial score (nSPS) is 9.73. The molecule has 88 valence electrons. The van der Waals surface area contributed by atoms with Gasteiger partial charge in [-0.25, -0.2) is 0 Å². The van der Waals surface area contributed by atoms with Crippen molar-refractivity contribution in [1.29, 1.82) is 0 Å². The maximum atomic E-state index is 11.0. The van der Waals surface area contributed by atoms with Crippen molar-refractivity contribution in [2.75, 3.05) is 26.9 Å². The highest BCUT2D eigenvalue weighted by atomic mass is 16.5. The predicted molar refractivity (Wildman–Crippen MR) is 55.4 cm³/mol. The zero-order valence-corrected chi connectivity index (χ0v) is 9.38. The summed E-state index contributed by atoms with van der Waals surface area (Å²) in [5.41, 5.74) is 0. The van der Waals surface area contributed by atoms with Gasteiger partial charge in [0.1, 0.15) is 0 Å². The number of hydrogen-bond acceptors (Lipinski definition) is 4. The number of nitrogens with one attached hydrogen (secondary N) is 1. The lowest BCUT2D eigenvalue weighted by molar-refractivity contribution is -0.141. The van der Waals surface area contributed by atoms with E-state index in [1.54, 1.807) is 0 Å². The first-order valence-electron chi connectivity index (χ1n) is 5.12. The van der Waals surface area contributed by atoms with Crippen molar-refractivity contribution in [2.45, 2.75) is 26.2 Å². The van der Waals surface area contributed by atoms with E-state index in [2.05, 4.69) is 10.1 Å². The number of amides is 1. The molecule has 0 saturated carbocycles. The number of hydrogen-bond donors (Lipinski definition) is 1. The number of ether oxygens (including phenoxy) is 2. The van der Waals surface area contributed by atoms with E-state index in [1.165, 1.54) is 7.11 Å². The molecule has 0 heterocycles. The lowest BCUT2D eigenvalue weighted by atomic mass is 10.3. The van der Waals surface area contributed by atoms with Crippen LogP contribution in [0.4, 0.5) is 0 Å². The number of esters is 1. The van der Waals surface area contributed by atoms with Crippen LogP contribution in [-0.2, 0) is 19.1 Å². The van der Waals surface area contributed by atoms with E-state index in [0.717, 1.165) is 6.42 Å². The van der Waals surface area contributed by atoms with Crippen LogP contribution in [0.3, 0.4) is 0 Å². The van der Waals surface area contributed by atoms with Crippen molar-refractivity contribution in [2.24, 2.45) is 0 Å². The van der Waals surface area contributed by atoms with Gasteiger partial charge in [0.05, 0.1) is 26.7 Å². The van der Waals surface area contributed by atoms with Crippen molar-refractivity contribution in [1.82, 2.24) is 5.32 Å². The molecule has 0 unspecified atom stereocenters. The predicted octanol–water partition coefficient (Wildman–Crippen LogP) is 0.482. The third-order valence-corrected chi connectivity index (χ3v) is 1.72. The molecule has 0 radical (unpaired) electrons. The monoisotopic (exact) mass is 217 g/mol. The first-order valence-corrected chi connectivity index (χ1v) is 5.12. The summed E-state index contributed by atoms with van der Waals surface area (Å²) in [5, 5.41) is 2.71. The SMILES string of the molecule is CCCC(=O)NCCOCCC(=O)OC. The maximum absolute atomic E-state index is 11.0. The summed E-state index contributed by atoms with van der Waals surface area (Å²) in [4.78, 5) is 21.7. The molecule has 0 bridgehead atoms. The highest BCUT2D eigenvalue weighted by Crippen LogP contribution is 1.87. The van der Waals surface area contributed by atoms with Gasteiger partial charge in [0.2, 0.25) is 5.91 Å². The molecule has 0 aliphatic rings. The molecule has 0 fully saturated rings. The van der Waals surface area contributed by atoms with Crippen molar-refractivity contribution in [3.05, 3.63) is 0 Å². The first-order chi connectivity index (χ1) is 7.20. The summed E-state index contributed by atoms with van der Waals surface area (Å²) in [6, 6.07) is 0. The zero-order chi connectivity index (χ0) is 11.5. The molecule has 5 nitrogen and oxygen atoms in total. The van der Waals surface area contributed by atoms with Crippen LogP contribution in [-0.4, -0.2) is 38.7 Å². The van der Waals surface area contributed by atoms with E-state index in [0.29, 0.717) is 26.2 Å². The Bertz CT molecular complexity index is 194. The number of methoxy groups -OCH3 is 1. The van der Waals surface area contributed by atoms with Gasteiger partial charge in [-0.1, -0.05) is 6.92 Å². The van der Waals surface area contributed by atoms with Crippen LogP contribution in [0, 0.1) is 0 Å². The summed E-state index contributed by atoms with van der Waals surface area (Å²) in [5.74, 6) is -0.251. The molecule has 0 aromatic heterocycles. The molecule has 0 atom stereocenters. The van der Waals surface area contributed by atoms with Crippen LogP contribution >= 0.6 is 0 Å². The van der Waals surface area contributed by atoms with Gasteiger partial charge >= 0.3 is 5.97 Å². The molecule has 0 aromatic rings. The summed E-state index contributed by atoms with van der Waals surface area (Å²) in [7, 11) is 1.34. The van der Waals surface area contributed by atoms with E-state index < -0.39 is 0 Å². The minimum absolute atomic E-state index is 0.0362. The van der Waals surface area contributed by atoms with E-state index in [1.807, 2.05) is 6.92 Å². The second-order valence-electron chi connectivity index (χ2n) is 3.04. The third kappa shape index (κ3) is 9.21. The van der Waals surface area contributed by atoms with E-state index in [9.17, 15) is 9.59 Å². The Labute approximate surface area is 90.1 Å². The zero-order valence-electron chi connectivity index (χ0n) is 9.38. The Hall–Kier alpha value is -1.10. The van der Waals surface area contributed by atoms with Gasteiger partial charge in [-0.2, -0.15) is 0 Å². The molecule has 0 aromatic carbocycles. The average Bonchev–Trinajstić information content (AvgIpc) is 2.23. The second kappa shape index (κ2) is 9.45. The quantitative estimate of drug-likeness (QED) is 0.474. The summed E-state index contributed by atoms with van der Waals surface area (Å²) < 4.78 is 9.56. The van der Waals surface area contributed by atoms with Gasteiger partial charge < -0.3 is 14.8 Å². The smallest absolute Gasteiger partial charge is 0.307 e. The Balaban J connectivity index is 3.18. The Morgan fingerprint density at radius 1 is 1.20 bits per heavy atom. The van der Waals surface area contributed by atoms with Gasteiger partial charge in [-0.15, -0.1) is 0 Å². The number of carbonyl (C=O) groups excluding carboxylic acids is 2. The topological polar surface area (TPSA) is 64.6 Å². The molecule has 0 aliphatic heterocycles. The van der Waals surface area contributed by atoms with Crippen molar-refractivity contribution >= 4 is 11.9 Å². The van der Waals surface area contributed by atoms with Crippen molar-refractivity contribution in [3.8, 4) is 0 Å². The maximum Gasteiger partial charge on any atom is 0.307 e.